The number of hydrogen-bond acceptors (Lipinski definition) is 4. The van der Waals surface area contributed by atoms with Crippen LogP contribution in [0.25, 0.3) is 10.9 Å². The number of nitrogens with one attached hydrogen (secondary N) is 1. The van der Waals surface area contributed by atoms with Gasteiger partial charge in [0.25, 0.3) is 0 Å². The molecule has 122 valence electrons. The number of aromatic nitrogens is 4. The molecule has 0 bridgehead atoms. The summed E-state index contributed by atoms with van der Waals surface area (Å²) in [5.74, 6) is -0.141. The van der Waals surface area contributed by atoms with Gasteiger partial charge in [-0.05, 0) is 11.0 Å². The number of H-pyrrole nitrogens is 1. The summed E-state index contributed by atoms with van der Waals surface area (Å²) in [5, 5.41) is 11.6. The first-order chi connectivity index (χ1) is 10.7. The Morgan fingerprint density at radius 3 is 2.61 bits per heavy atom. The Morgan fingerprint density at radius 2 is 2.00 bits per heavy atom. The zero-order chi connectivity index (χ0) is 16.8. The molecule has 3 rings (SSSR count). The number of nitrogens with zero attached hydrogens (tertiary/aromatic N) is 3. The van der Waals surface area contributed by atoms with Crippen molar-refractivity contribution in [3.05, 3.63) is 41.9 Å². The van der Waals surface area contributed by atoms with Crippen LogP contribution in [0.2, 0.25) is 0 Å². The van der Waals surface area contributed by atoms with Crippen molar-refractivity contribution in [2.75, 3.05) is 0 Å². The molecule has 0 unspecified atom stereocenters. The van der Waals surface area contributed by atoms with Crippen LogP contribution in [0.15, 0.2) is 35.5 Å². The second-order valence-electron chi connectivity index (χ2n) is 6.72. The molecule has 0 aliphatic rings. The standard InChI is InChI=1S/C16H20N4O2S/c1-16(2,3)13-7-5-6-12-14(19-20(4)15(12)13)10-23(21,22)11-8-17-18-9-11/h5-9H,10H2,1-4H3,(H,17,18). The molecular formula is C16H20N4O2S. The van der Waals surface area contributed by atoms with Gasteiger partial charge in [-0.2, -0.15) is 10.2 Å². The highest BCUT2D eigenvalue weighted by Crippen LogP contribution is 2.32. The molecule has 7 heteroatoms. The van der Waals surface area contributed by atoms with Crippen LogP contribution < -0.4 is 0 Å². The molecule has 0 fully saturated rings. The van der Waals surface area contributed by atoms with Crippen LogP contribution in [0.3, 0.4) is 0 Å². The monoisotopic (exact) mass is 332 g/mol. The largest absolute Gasteiger partial charge is 0.284 e. The lowest BCUT2D eigenvalue weighted by atomic mass is 9.85. The van der Waals surface area contributed by atoms with E-state index >= 15 is 0 Å². The highest BCUT2D eigenvalue weighted by atomic mass is 32.2. The molecule has 0 amide bonds. The fourth-order valence-electron chi connectivity index (χ4n) is 2.79. The van der Waals surface area contributed by atoms with Crippen LogP contribution in [0.4, 0.5) is 0 Å². The molecular weight excluding hydrogens is 312 g/mol. The van der Waals surface area contributed by atoms with Crippen molar-refractivity contribution in [3.8, 4) is 0 Å². The minimum atomic E-state index is -3.47. The molecule has 0 atom stereocenters. The number of para-hydroxylation sites is 1. The third-order valence-electron chi connectivity index (χ3n) is 3.91. The minimum Gasteiger partial charge on any atom is -0.284 e. The lowest BCUT2D eigenvalue weighted by Crippen LogP contribution is -2.12. The van der Waals surface area contributed by atoms with Gasteiger partial charge in [-0.25, -0.2) is 8.42 Å². The number of fused-ring (bicyclic) bond motifs is 1. The lowest BCUT2D eigenvalue weighted by molar-refractivity contribution is 0.589. The molecule has 2 heterocycles. The SMILES string of the molecule is Cn1nc(CS(=O)(=O)c2cn[nH]c2)c2cccc(C(C)(C)C)c21. The predicted molar refractivity (Wildman–Crippen MR) is 88.9 cm³/mol. The van der Waals surface area contributed by atoms with Crippen molar-refractivity contribution in [3.63, 3.8) is 0 Å². The quantitative estimate of drug-likeness (QED) is 0.799. The maximum atomic E-state index is 12.5. The third-order valence-corrected chi connectivity index (χ3v) is 5.50. The number of sulfone groups is 1. The van der Waals surface area contributed by atoms with E-state index in [0.717, 1.165) is 16.5 Å². The van der Waals surface area contributed by atoms with Crippen LogP contribution in [-0.2, 0) is 28.1 Å². The maximum absolute atomic E-state index is 12.5. The van der Waals surface area contributed by atoms with E-state index in [0.29, 0.717) is 5.69 Å². The molecule has 0 saturated carbocycles. The van der Waals surface area contributed by atoms with Crippen molar-refractivity contribution < 1.29 is 8.42 Å². The molecule has 3 aromatic rings. The highest BCUT2D eigenvalue weighted by Gasteiger charge is 2.24. The maximum Gasteiger partial charge on any atom is 0.187 e. The predicted octanol–water partition coefficient (Wildman–Crippen LogP) is 2.57. The fourth-order valence-corrected chi connectivity index (χ4v) is 3.98. The van der Waals surface area contributed by atoms with Gasteiger partial charge in [0.15, 0.2) is 9.84 Å². The number of rotatable bonds is 3. The molecule has 0 aliphatic heterocycles. The zero-order valence-electron chi connectivity index (χ0n) is 13.7. The van der Waals surface area contributed by atoms with Gasteiger partial charge < -0.3 is 0 Å². The second-order valence-corrected chi connectivity index (χ2v) is 8.70. The minimum absolute atomic E-state index is 0.0476. The fraction of sp³-hybridized carbons (Fsp3) is 0.375. The average Bonchev–Trinajstić information content (AvgIpc) is 3.07. The zero-order valence-corrected chi connectivity index (χ0v) is 14.5. The molecule has 2 aromatic heterocycles. The number of benzene rings is 1. The van der Waals surface area contributed by atoms with Gasteiger partial charge in [0.05, 0.1) is 23.2 Å². The normalized spacial score (nSPS) is 12.9. The van der Waals surface area contributed by atoms with E-state index in [9.17, 15) is 8.42 Å². The summed E-state index contributed by atoms with van der Waals surface area (Å²) in [6.45, 7) is 6.41. The number of aromatic amines is 1. The van der Waals surface area contributed by atoms with Gasteiger partial charge in [0.2, 0.25) is 0 Å². The summed E-state index contributed by atoms with van der Waals surface area (Å²) in [6, 6.07) is 5.95. The molecule has 23 heavy (non-hydrogen) atoms. The topological polar surface area (TPSA) is 80.6 Å². The average molecular weight is 332 g/mol. The van der Waals surface area contributed by atoms with Gasteiger partial charge in [0, 0.05) is 18.6 Å². The Kier molecular flexibility index (Phi) is 3.55. The first kappa shape index (κ1) is 15.7. The van der Waals surface area contributed by atoms with E-state index in [2.05, 4.69) is 42.1 Å². The number of hydrogen-bond donors (Lipinski definition) is 1. The van der Waals surface area contributed by atoms with E-state index in [1.54, 1.807) is 4.68 Å². The van der Waals surface area contributed by atoms with Crippen molar-refractivity contribution >= 4 is 20.7 Å². The Balaban J connectivity index is 2.14. The van der Waals surface area contributed by atoms with E-state index in [4.69, 9.17) is 0 Å². The van der Waals surface area contributed by atoms with Crippen molar-refractivity contribution in [2.45, 2.75) is 36.8 Å². The summed E-state index contributed by atoms with van der Waals surface area (Å²) in [4.78, 5) is 0.184. The molecule has 0 radical (unpaired) electrons. The Morgan fingerprint density at radius 1 is 1.26 bits per heavy atom. The smallest absolute Gasteiger partial charge is 0.187 e. The van der Waals surface area contributed by atoms with Crippen LogP contribution in [-0.4, -0.2) is 28.4 Å². The molecule has 0 aliphatic carbocycles. The van der Waals surface area contributed by atoms with Crippen LogP contribution in [0.5, 0.6) is 0 Å². The Labute approximate surface area is 135 Å². The van der Waals surface area contributed by atoms with Gasteiger partial charge in [-0.15, -0.1) is 0 Å². The van der Waals surface area contributed by atoms with Gasteiger partial charge in [-0.1, -0.05) is 39.0 Å². The number of aryl methyl sites for hydroxylation is 1. The Hall–Kier alpha value is -2.15. The molecule has 0 saturated heterocycles. The van der Waals surface area contributed by atoms with Gasteiger partial charge in [0.1, 0.15) is 4.90 Å². The summed E-state index contributed by atoms with van der Waals surface area (Å²) in [7, 11) is -1.61. The van der Waals surface area contributed by atoms with E-state index in [1.165, 1.54) is 12.4 Å². The third kappa shape index (κ3) is 2.76. The lowest BCUT2D eigenvalue weighted by Gasteiger charge is -2.20. The van der Waals surface area contributed by atoms with Gasteiger partial charge in [-0.3, -0.25) is 9.78 Å². The van der Waals surface area contributed by atoms with E-state index < -0.39 is 9.84 Å². The van der Waals surface area contributed by atoms with Crippen LogP contribution >= 0.6 is 0 Å². The summed E-state index contributed by atoms with van der Waals surface area (Å²) < 4.78 is 26.8. The summed E-state index contributed by atoms with van der Waals surface area (Å²) in [5.41, 5.74) is 2.65. The van der Waals surface area contributed by atoms with Gasteiger partial charge >= 0.3 is 0 Å². The van der Waals surface area contributed by atoms with Crippen molar-refractivity contribution in [2.24, 2.45) is 7.05 Å². The van der Waals surface area contributed by atoms with Crippen LogP contribution in [0.1, 0.15) is 32.0 Å². The summed E-state index contributed by atoms with van der Waals surface area (Å²) >= 11 is 0. The highest BCUT2D eigenvalue weighted by molar-refractivity contribution is 7.90. The first-order valence-electron chi connectivity index (χ1n) is 7.37. The van der Waals surface area contributed by atoms with Crippen molar-refractivity contribution in [1.29, 1.82) is 0 Å². The molecule has 6 nitrogen and oxygen atoms in total. The van der Waals surface area contributed by atoms with E-state index in [1.807, 2.05) is 19.2 Å². The molecule has 0 spiro atoms. The van der Waals surface area contributed by atoms with E-state index in [-0.39, 0.29) is 16.1 Å². The second kappa shape index (κ2) is 5.19. The summed E-state index contributed by atoms with van der Waals surface area (Å²) in [6.07, 6.45) is 2.71. The first-order valence-corrected chi connectivity index (χ1v) is 9.02. The van der Waals surface area contributed by atoms with Crippen LogP contribution in [0, 0.1) is 0 Å². The molecule has 1 N–H and O–H groups in total. The van der Waals surface area contributed by atoms with Crippen molar-refractivity contribution in [1.82, 2.24) is 20.0 Å². The molecule has 1 aromatic carbocycles. The Bertz CT molecular complexity index is 948.